The van der Waals surface area contributed by atoms with Gasteiger partial charge < -0.3 is 14.5 Å². The highest BCUT2D eigenvalue weighted by Crippen LogP contribution is 2.37. The summed E-state index contributed by atoms with van der Waals surface area (Å²) >= 11 is 1.41. The number of carbonyl (C=O) groups excluding carboxylic acids is 1. The van der Waals surface area contributed by atoms with Crippen molar-refractivity contribution in [2.75, 3.05) is 19.8 Å². The maximum Gasteiger partial charge on any atom is 0.417 e. The summed E-state index contributed by atoms with van der Waals surface area (Å²) in [6.07, 6.45) is 0.134. The van der Waals surface area contributed by atoms with Gasteiger partial charge in [0.1, 0.15) is 5.75 Å². The molecule has 2 aliphatic heterocycles. The molecule has 4 rings (SSSR count). The van der Waals surface area contributed by atoms with E-state index in [2.05, 4.69) is 4.37 Å². The van der Waals surface area contributed by atoms with E-state index in [9.17, 15) is 18.0 Å². The van der Waals surface area contributed by atoms with Gasteiger partial charge in [-0.25, -0.2) is 0 Å². The fourth-order valence-electron chi connectivity index (χ4n) is 3.82. The van der Waals surface area contributed by atoms with E-state index in [1.165, 1.54) is 23.7 Å². The van der Waals surface area contributed by atoms with E-state index in [4.69, 9.17) is 10.00 Å². The van der Waals surface area contributed by atoms with Gasteiger partial charge in [0.05, 0.1) is 28.4 Å². The molecule has 3 heterocycles. The van der Waals surface area contributed by atoms with Crippen LogP contribution < -0.4 is 14.5 Å². The first kappa shape index (κ1) is 21.2. The molecule has 1 amide bonds. The second kappa shape index (κ2) is 7.57. The van der Waals surface area contributed by atoms with Crippen molar-refractivity contribution in [2.45, 2.75) is 26.1 Å². The molecule has 0 spiro atoms. The van der Waals surface area contributed by atoms with Crippen LogP contribution in [-0.4, -0.2) is 45.9 Å². The number of nitriles is 1. The molecule has 0 radical (unpaired) electrons. The molecular weight excluding hydrogens is 429 g/mol. The van der Waals surface area contributed by atoms with Crippen LogP contribution in [-0.2, 0) is 11.0 Å². The number of ether oxygens (including phenoxy) is 1. The van der Waals surface area contributed by atoms with E-state index in [0.717, 1.165) is 21.9 Å². The van der Waals surface area contributed by atoms with Crippen LogP contribution in [0.1, 0.15) is 25.0 Å². The highest BCUT2D eigenvalue weighted by Gasteiger charge is 2.48. The Morgan fingerprint density at radius 1 is 1.39 bits per heavy atom. The van der Waals surface area contributed by atoms with Gasteiger partial charge in [-0.2, -0.15) is 22.8 Å². The standard InChI is InChI=1S/C21H19F3N4O2S/c1-20(2)11-28(12-27-6-5-17-14(10-27)9-26-31-17)19(29)18(20)30-15-4-3-13(8-25)16(7-15)21(22,23)24/h3-5,7,9-10,18H,6,11-12H2,1-2H3. The summed E-state index contributed by atoms with van der Waals surface area (Å²) in [5.74, 6) is -0.378. The number of nitrogens with zero attached hydrogens (tertiary/aromatic N) is 4. The van der Waals surface area contributed by atoms with Crippen molar-refractivity contribution in [2.24, 2.45) is 5.41 Å². The molecule has 162 valence electrons. The second-order valence-corrected chi connectivity index (χ2v) is 9.06. The van der Waals surface area contributed by atoms with Gasteiger partial charge in [-0.05, 0) is 35.8 Å². The summed E-state index contributed by atoms with van der Waals surface area (Å²) in [7, 11) is 0. The van der Waals surface area contributed by atoms with Gasteiger partial charge in [0.15, 0.2) is 6.10 Å². The van der Waals surface area contributed by atoms with Crippen molar-refractivity contribution < 1.29 is 22.7 Å². The summed E-state index contributed by atoms with van der Waals surface area (Å²) in [5.41, 5.74) is -2.18. The molecule has 1 saturated heterocycles. The number of carbonyl (C=O) groups is 1. The number of alkyl halides is 3. The molecule has 31 heavy (non-hydrogen) atoms. The summed E-state index contributed by atoms with van der Waals surface area (Å²) < 4.78 is 50.8. The van der Waals surface area contributed by atoms with Crippen molar-refractivity contribution in [3.8, 4) is 11.8 Å². The predicted molar refractivity (Wildman–Crippen MR) is 108 cm³/mol. The zero-order valence-electron chi connectivity index (χ0n) is 16.8. The Labute approximate surface area is 180 Å². The fourth-order valence-corrected chi connectivity index (χ4v) is 4.46. The molecule has 0 bridgehead atoms. The van der Waals surface area contributed by atoms with Crippen molar-refractivity contribution in [3.05, 3.63) is 45.3 Å². The Balaban J connectivity index is 1.53. The van der Waals surface area contributed by atoms with E-state index in [0.29, 0.717) is 19.8 Å². The van der Waals surface area contributed by atoms with Gasteiger partial charge in [0.2, 0.25) is 0 Å². The molecule has 1 atom stereocenters. The van der Waals surface area contributed by atoms with E-state index in [1.807, 2.05) is 31.0 Å². The summed E-state index contributed by atoms with van der Waals surface area (Å²) in [6, 6.07) is 4.67. The number of rotatable bonds is 4. The minimum atomic E-state index is -4.69. The molecule has 10 heteroatoms. The number of benzene rings is 1. The van der Waals surface area contributed by atoms with Crippen molar-refractivity contribution >= 4 is 29.7 Å². The zero-order valence-corrected chi connectivity index (χ0v) is 17.6. The smallest absolute Gasteiger partial charge is 0.417 e. The molecule has 1 aromatic heterocycles. The normalized spacial score (nSPS) is 20.0. The minimum Gasteiger partial charge on any atom is -0.480 e. The summed E-state index contributed by atoms with van der Waals surface area (Å²) in [5, 5.41) is 9.95. The number of halogens is 3. The molecule has 0 saturated carbocycles. The third-order valence-corrected chi connectivity index (χ3v) is 6.14. The van der Waals surface area contributed by atoms with Gasteiger partial charge in [-0.15, -0.1) is 0 Å². The predicted octanol–water partition coefficient (Wildman–Crippen LogP) is 2.14. The highest BCUT2D eigenvalue weighted by atomic mass is 32.1. The number of aromatic nitrogens is 1. The number of hydrogen-bond acceptors (Lipinski definition) is 6. The Morgan fingerprint density at radius 3 is 2.87 bits per heavy atom. The van der Waals surface area contributed by atoms with Gasteiger partial charge in [-0.1, -0.05) is 13.8 Å². The van der Waals surface area contributed by atoms with Crippen LogP contribution in [0.15, 0.2) is 24.4 Å². The number of amides is 1. The van der Waals surface area contributed by atoms with Crippen LogP contribution in [0.4, 0.5) is 13.2 Å². The summed E-state index contributed by atoms with van der Waals surface area (Å²) in [4.78, 5) is 16.7. The van der Waals surface area contributed by atoms with Crippen molar-refractivity contribution in [1.82, 2.24) is 14.2 Å². The SMILES string of the molecule is CC1(C)CN(CN2C=c3cnsc3=CC2)C(=O)C1Oc1ccc(C#N)c(C(F)(F)F)c1. The average molecular weight is 448 g/mol. The molecule has 0 aliphatic carbocycles. The Morgan fingerprint density at radius 2 is 2.16 bits per heavy atom. The first-order valence-electron chi connectivity index (χ1n) is 9.52. The quantitative estimate of drug-likeness (QED) is 0.717. The van der Waals surface area contributed by atoms with Gasteiger partial charge in [0.25, 0.3) is 5.91 Å². The number of fused-ring (bicyclic) bond motifs is 1. The van der Waals surface area contributed by atoms with E-state index < -0.39 is 28.8 Å². The Bertz CT molecular complexity index is 1180. The lowest BCUT2D eigenvalue weighted by Crippen LogP contribution is -2.42. The molecule has 2 aromatic rings. The van der Waals surface area contributed by atoms with Gasteiger partial charge >= 0.3 is 6.18 Å². The molecule has 1 unspecified atom stereocenters. The van der Waals surface area contributed by atoms with E-state index >= 15 is 0 Å². The number of likely N-dealkylation sites (tertiary alicyclic amines) is 1. The molecule has 1 aromatic carbocycles. The molecular formula is C21H19F3N4O2S. The summed E-state index contributed by atoms with van der Waals surface area (Å²) in [6.45, 7) is 5.07. The Kier molecular flexibility index (Phi) is 5.17. The molecule has 6 nitrogen and oxygen atoms in total. The van der Waals surface area contributed by atoms with Crippen LogP contribution in [0, 0.1) is 16.7 Å². The molecule has 1 fully saturated rings. The van der Waals surface area contributed by atoms with Crippen molar-refractivity contribution in [1.29, 1.82) is 5.26 Å². The lowest BCUT2D eigenvalue weighted by Gasteiger charge is -2.27. The zero-order chi connectivity index (χ0) is 22.4. The second-order valence-electron chi connectivity index (χ2n) is 8.23. The molecule has 0 N–H and O–H groups in total. The number of hydrogen-bond donors (Lipinski definition) is 0. The van der Waals surface area contributed by atoms with Gasteiger partial charge in [-0.3, -0.25) is 4.79 Å². The fraction of sp³-hybridized carbons (Fsp3) is 0.381. The third-order valence-electron chi connectivity index (χ3n) is 5.33. The average Bonchev–Trinajstić information content (AvgIpc) is 3.25. The largest absolute Gasteiger partial charge is 0.480 e. The van der Waals surface area contributed by atoms with Gasteiger partial charge in [0, 0.05) is 36.1 Å². The van der Waals surface area contributed by atoms with Crippen LogP contribution in [0.3, 0.4) is 0 Å². The Hall–Kier alpha value is -3.06. The minimum absolute atomic E-state index is 0.0912. The highest BCUT2D eigenvalue weighted by molar-refractivity contribution is 7.03. The third kappa shape index (κ3) is 4.10. The lowest BCUT2D eigenvalue weighted by molar-refractivity contribution is -0.138. The van der Waals surface area contributed by atoms with Crippen LogP contribution >= 0.6 is 11.5 Å². The first-order chi connectivity index (χ1) is 14.6. The maximum absolute atomic E-state index is 13.3. The lowest BCUT2D eigenvalue weighted by atomic mass is 9.89. The van der Waals surface area contributed by atoms with Crippen LogP contribution in [0.25, 0.3) is 12.3 Å². The topological polar surface area (TPSA) is 69.5 Å². The maximum atomic E-state index is 13.3. The van der Waals surface area contributed by atoms with Crippen LogP contribution in [0.2, 0.25) is 0 Å². The van der Waals surface area contributed by atoms with Crippen molar-refractivity contribution in [3.63, 3.8) is 0 Å². The van der Waals surface area contributed by atoms with E-state index in [1.54, 1.807) is 11.1 Å². The monoisotopic (exact) mass is 448 g/mol. The van der Waals surface area contributed by atoms with Crippen LogP contribution in [0.5, 0.6) is 5.75 Å². The first-order valence-corrected chi connectivity index (χ1v) is 10.3. The molecule has 2 aliphatic rings. The van der Waals surface area contributed by atoms with E-state index in [-0.39, 0.29) is 11.7 Å².